The molecule has 0 saturated heterocycles. The highest BCUT2D eigenvalue weighted by atomic mass is 28.3. The lowest BCUT2D eigenvalue weighted by Gasteiger charge is -2.09. The van der Waals surface area contributed by atoms with Gasteiger partial charge in [0.2, 0.25) is 0 Å². The van der Waals surface area contributed by atoms with Crippen LogP contribution in [0.3, 0.4) is 0 Å². The van der Waals surface area contributed by atoms with Crippen molar-refractivity contribution in [1.82, 2.24) is 0 Å². The molecule has 19 heavy (non-hydrogen) atoms. The first kappa shape index (κ1) is 16.0. The molecule has 0 bridgehead atoms. The summed E-state index contributed by atoms with van der Waals surface area (Å²) in [5, 5.41) is 0. The maximum absolute atomic E-state index is 5.70. The van der Waals surface area contributed by atoms with Crippen molar-refractivity contribution in [3.8, 4) is 11.5 Å². The lowest BCUT2D eigenvalue weighted by Crippen LogP contribution is -2.16. The molecule has 1 atom stereocenters. The van der Waals surface area contributed by atoms with E-state index in [-0.39, 0.29) is 0 Å². The fraction of sp³-hybridized carbons (Fsp3) is 0.529. The van der Waals surface area contributed by atoms with Gasteiger partial charge < -0.3 is 4.74 Å². The monoisotopic (exact) mass is 274 g/mol. The van der Waals surface area contributed by atoms with E-state index in [0.29, 0.717) is 12.5 Å². The van der Waals surface area contributed by atoms with E-state index in [1.165, 1.54) is 5.56 Å². The summed E-state index contributed by atoms with van der Waals surface area (Å²) in [4.78, 5) is 0. The van der Waals surface area contributed by atoms with Crippen LogP contribution in [0.5, 0.6) is 0 Å². The zero-order valence-electron chi connectivity index (χ0n) is 12.7. The van der Waals surface area contributed by atoms with Gasteiger partial charge in [0.25, 0.3) is 0 Å². The summed E-state index contributed by atoms with van der Waals surface area (Å²) in [6, 6.07) is 10.3. The van der Waals surface area contributed by atoms with Crippen molar-refractivity contribution < 1.29 is 4.74 Å². The minimum atomic E-state index is -1.20. The summed E-state index contributed by atoms with van der Waals surface area (Å²) < 4.78 is 5.70. The van der Waals surface area contributed by atoms with Crippen molar-refractivity contribution in [1.29, 1.82) is 0 Å². The minimum absolute atomic E-state index is 0.625. The van der Waals surface area contributed by atoms with Crippen LogP contribution in [0.15, 0.2) is 30.3 Å². The van der Waals surface area contributed by atoms with Crippen molar-refractivity contribution in [3.63, 3.8) is 0 Å². The zero-order valence-corrected chi connectivity index (χ0v) is 13.7. The summed E-state index contributed by atoms with van der Waals surface area (Å²) in [7, 11) is -1.20. The van der Waals surface area contributed by atoms with E-state index in [1.807, 2.05) is 18.2 Å². The van der Waals surface area contributed by atoms with E-state index < -0.39 is 8.07 Å². The van der Waals surface area contributed by atoms with Crippen LogP contribution in [0.2, 0.25) is 19.6 Å². The number of hydrogen-bond donors (Lipinski definition) is 0. The van der Waals surface area contributed by atoms with Gasteiger partial charge in [-0.2, -0.15) is 0 Å². The van der Waals surface area contributed by atoms with Crippen LogP contribution in [0.25, 0.3) is 0 Å². The van der Waals surface area contributed by atoms with Gasteiger partial charge in [-0.05, 0) is 17.9 Å². The summed E-state index contributed by atoms with van der Waals surface area (Å²) in [6.07, 6.45) is 2.09. The highest BCUT2D eigenvalue weighted by Gasteiger charge is 2.07. The van der Waals surface area contributed by atoms with Crippen LogP contribution < -0.4 is 0 Å². The van der Waals surface area contributed by atoms with Crippen molar-refractivity contribution in [2.75, 3.05) is 6.61 Å². The van der Waals surface area contributed by atoms with Crippen LogP contribution >= 0.6 is 0 Å². The normalized spacial score (nSPS) is 12.6. The van der Waals surface area contributed by atoms with E-state index in [0.717, 1.165) is 19.4 Å². The third-order valence-electron chi connectivity index (χ3n) is 2.78. The molecule has 0 spiro atoms. The van der Waals surface area contributed by atoms with E-state index in [1.54, 1.807) is 0 Å². The van der Waals surface area contributed by atoms with Gasteiger partial charge in [-0.3, -0.25) is 0 Å². The first-order valence-corrected chi connectivity index (χ1v) is 10.6. The lowest BCUT2D eigenvalue weighted by molar-refractivity contribution is 0.109. The summed E-state index contributed by atoms with van der Waals surface area (Å²) in [6.45, 7) is 10.7. The van der Waals surface area contributed by atoms with Gasteiger partial charge in [0.1, 0.15) is 8.07 Å². The predicted molar refractivity (Wildman–Crippen MR) is 85.6 cm³/mol. The minimum Gasteiger partial charge on any atom is -0.377 e. The Morgan fingerprint density at radius 2 is 1.84 bits per heavy atom. The Morgan fingerprint density at radius 3 is 2.47 bits per heavy atom. The molecule has 0 radical (unpaired) electrons. The maximum atomic E-state index is 5.70. The Labute approximate surface area is 119 Å². The molecule has 0 aromatic heterocycles. The molecule has 0 amide bonds. The predicted octanol–water partition coefficient (Wildman–Crippen LogP) is 4.50. The highest BCUT2D eigenvalue weighted by Crippen LogP contribution is 2.08. The molecule has 0 saturated carbocycles. The standard InChI is InChI=1S/C17H26OSi/c1-16(9-8-14-19(2,3)4)12-13-18-15-17-10-6-5-7-11-17/h5-7,10-11,16H,9,12-13,15H2,1-4H3/t16-/m0/s1. The second-order valence-electron chi connectivity index (χ2n) is 6.19. The Balaban J connectivity index is 2.13. The largest absolute Gasteiger partial charge is 0.377 e. The van der Waals surface area contributed by atoms with Crippen LogP contribution in [-0.4, -0.2) is 14.7 Å². The number of benzene rings is 1. The van der Waals surface area contributed by atoms with E-state index in [9.17, 15) is 0 Å². The Hall–Kier alpha value is -1.04. The lowest BCUT2D eigenvalue weighted by atomic mass is 10.1. The Kier molecular flexibility index (Phi) is 6.90. The van der Waals surface area contributed by atoms with Crippen molar-refractivity contribution in [2.24, 2.45) is 5.92 Å². The highest BCUT2D eigenvalue weighted by molar-refractivity contribution is 6.83. The van der Waals surface area contributed by atoms with E-state index in [4.69, 9.17) is 4.74 Å². The molecule has 0 aliphatic carbocycles. The quantitative estimate of drug-likeness (QED) is 0.421. The molecule has 1 nitrogen and oxygen atoms in total. The molecule has 0 aliphatic rings. The molecule has 0 N–H and O–H groups in total. The van der Waals surface area contributed by atoms with Gasteiger partial charge in [-0.15, -0.1) is 11.5 Å². The van der Waals surface area contributed by atoms with Crippen LogP contribution in [0.1, 0.15) is 25.3 Å². The SMILES string of the molecule is C[C@@H](CC#C[Si](C)(C)C)CCOCc1ccccc1. The van der Waals surface area contributed by atoms with Gasteiger partial charge in [-0.25, -0.2) is 0 Å². The van der Waals surface area contributed by atoms with Gasteiger partial charge >= 0.3 is 0 Å². The van der Waals surface area contributed by atoms with Crippen molar-refractivity contribution >= 4 is 8.07 Å². The van der Waals surface area contributed by atoms with Crippen LogP contribution in [-0.2, 0) is 11.3 Å². The van der Waals surface area contributed by atoms with E-state index in [2.05, 4.69) is 50.2 Å². The molecule has 1 aromatic carbocycles. The van der Waals surface area contributed by atoms with Gasteiger partial charge in [0.15, 0.2) is 0 Å². The van der Waals surface area contributed by atoms with Gasteiger partial charge in [0, 0.05) is 13.0 Å². The van der Waals surface area contributed by atoms with E-state index >= 15 is 0 Å². The van der Waals surface area contributed by atoms with Crippen LogP contribution in [0, 0.1) is 17.4 Å². The topological polar surface area (TPSA) is 9.23 Å². The first-order valence-electron chi connectivity index (χ1n) is 7.09. The Morgan fingerprint density at radius 1 is 1.16 bits per heavy atom. The first-order chi connectivity index (χ1) is 8.97. The molecule has 0 aliphatic heterocycles. The smallest absolute Gasteiger partial charge is 0.129 e. The fourth-order valence-electron chi connectivity index (χ4n) is 1.64. The number of ether oxygens (including phenoxy) is 1. The molecule has 1 rings (SSSR count). The van der Waals surface area contributed by atoms with Crippen LogP contribution in [0.4, 0.5) is 0 Å². The molecular weight excluding hydrogens is 248 g/mol. The second-order valence-corrected chi connectivity index (χ2v) is 10.9. The van der Waals surface area contributed by atoms with Gasteiger partial charge in [0.05, 0.1) is 6.61 Å². The molecule has 0 heterocycles. The average Bonchev–Trinajstić information content (AvgIpc) is 2.34. The fourth-order valence-corrected chi connectivity index (χ4v) is 2.27. The zero-order chi connectivity index (χ0) is 14.1. The van der Waals surface area contributed by atoms with Gasteiger partial charge in [-0.1, -0.05) is 56.9 Å². The third kappa shape index (κ3) is 8.64. The summed E-state index contributed by atoms with van der Waals surface area (Å²) in [5.41, 5.74) is 4.66. The Bertz CT molecular complexity index is 408. The average molecular weight is 274 g/mol. The molecule has 104 valence electrons. The summed E-state index contributed by atoms with van der Waals surface area (Å²) >= 11 is 0. The molecule has 0 unspecified atom stereocenters. The van der Waals surface area contributed by atoms with Crippen molar-refractivity contribution in [3.05, 3.63) is 35.9 Å². The molecule has 1 aromatic rings. The number of hydrogen-bond acceptors (Lipinski definition) is 1. The second kappa shape index (κ2) is 8.19. The number of rotatable bonds is 6. The van der Waals surface area contributed by atoms with Crippen molar-refractivity contribution in [2.45, 2.75) is 46.0 Å². The molecule has 2 heteroatoms. The summed E-state index contributed by atoms with van der Waals surface area (Å²) in [5.74, 6) is 3.96. The maximum Gasteiger partial charge on any atom is 0.129 e. The third-order valence-corrected chi connectivity index (χ3v) is 3.71. The molecule has 0 fully saturated rings. The molecular formula is C17H26OSi.